The second-order valence-electron chi connectivity index (χ2n) is 2.32. The molecule has 1 heterocycles. The second-order valence-corrected chi connectivity index (χ2v) is 2.32. The zero-order valence-electron chi connectivity index (χ0n) is 6.70. The molecule has 0 aliphatic heterocycles. The molecule has 2 heteroatoms. The maximum absolute atomic E-state index is 9.17. The molecule has 1 aromatic heterocycles. The number of aliphatic hydroxyl groups excluding tert-OH is 1. The molecule has 0 saturated carbocycles. The van der Waals surface area contributed by atoms with Crippen molar-refractivity contribution in [3.05, 3.63) is 28.9 Å². The van der Waals surface area contributed by atoms with E-state index in [1.54, 1.807) is 13.1 Å². The summed E-state index contributed by atoms with van der Waals surface area (Å²) in [6.45, 7) is 3.55. The smallest absolute Gasteiger partial charge is 0.115 e. The van der Waals surface area contributed by atoms with Crippen LogP contribution in [0.1, 0.15) is 13.8 Å². The Morgan fingerprint density at radius 1 is 1.64 bits per heavy atom. The average Bonchev–Trinajstić information content (AvgIpc) is 2.04. The first kappa shape index (κ1) is 7.79. The van der Waals surface area contributed by atoms with Crippen LogP contribution in [0.5, 0.6) is 0 Å². The Kier molecular flexibility index (Phi) is 2.26. The summed E-state index contributed by atoms with van der Waals surface area (Å²) in [5.41, 5.74) is 0. The monoisotopic (exact) mass is 149 g/mol. The van der Waals surface area contributed by atoms with Crippen molar-refractivity contribution in [3.63, 3.8) is 0 Å². The summed E-state index contributed by atoms with van der Waals surface area (Å²) in [6.07, 6.45) is 3.59. The molecule has 1 rings (SSSR count). The topological polar surface area (TPSA) is 33.1 Å². The summed E-state index contributed by atoms with van der Waals surface area (Å²) in [7, 11) is 0. The number of aliphatic hydroxyl groups is 1. The van der Waals surface area contributed by atoms with Gasteiger partial charge in [-0.3, -0.25) is 4.98 Å². The van der Waals surface area contributed by atoms with Crippen molar-refractivity contribution in [2.75, 3.05) is 0 Å². The van der Waals surface area contributed by atoms with Crippen LogP contribution >= 0.6 is 0 Å². The minimum absolute atomic E-state index is 0.263. The lowest BCUT2D eigenvalue weighted by Gasteiger charge is -1.89. The Hall–Kier alpha value is -1.31. The Balaban J connectivity index is 3.64. The summed E-state index contributed by atoms with van der Waals surface area (Å²) < 4.78 is 0. The molecule has 0 fully saturated rings. The van der Waals surface area contributed by atoms with Crippen LogP contribution in [-0.4, -0.2) is 10.1 Å². The molecule has 0 unspecified atom stereocenters. The van der Waals surface area contributed by atoms with Crippen molar-refractivity contribution in [1.82, 2.24) is 4.98 Å². The van der Waals surface area contributed by atoms with Crippen molar-refractivity contribution < 1.29 is 5.11 Å². The highest BCUT2D eigenvalue weighted by molar-refractivity contribution is 5.31. The van der Waals surface area contributed by atoms with Gasteiger partial charge in [-0.05, 0) is 25.1 Å². The molecule has 1 aromatic rings. The van der Waals surface area contributed by atoms with E-state index in [0.29, 0.717) is 5.35 Å². The third-order valence-electron chi connectivity index (χ3n) is 1.49. The Labute approximate surface area is 65.5 Å². The van der Waals surface area contributed by atoms with Gasteiger partial charge in [-0.2, -0.15) is 0 Å². The molecule has 0 saturated heterocycles. The van der Waals surface area contributed by atoms with Crippen LogP contribution in [-0.2, 0) is 0 Å². The fourth-order valence-electron chi connectivity index (χ4n) is 0.953. The van der Waals surface area contributed by atoms with Gasteiger partial charge in [-0.25, -0.2) is 0 Å². The van der Waals surface area contributed by atoms with E-state index in [9.17, 15) is 0 Å². The van der Waals surface area contributed by atoms with Crippen LogP contribution in [0, 0.1) is 0 Å². The van der Waals surface area contributed by atoms with Gasteiger partial charge in [0.2, 0.25) is 0 Å². The minimum atomic E-state index is 0.263. The van der Waals surface area contributed by atoms with Crippen molar-refractivity contribution in [1.29, 1.82) is 0 Å². The molecule has 0 atom stereocenters. The first-order chi connectivity index (χ1) is 5.25. The fourth-order valence-corrected chi connectivity index (χ4v) is 0.953. The van der Waals surface area contributed by atoms with E-state index in [1.165, 1.54) is 0 Å². The molecule has 0 radical (unpaired) electrons. The summed E-state index contributed by atoms with van der Waals surface area (Å²) in [5, 5.41) is 10.8. The lowest BCUT2D eigenvalue weighted by molar-refractivity contribution is 0.496. The second kappa shape index (κ2) is 3.19. The molecular formula is C9H11NO. The molecule has 0 aliphatic carbocycles. The number of nitrogens with zero attached hydrogens (tertiary/aromatic N) is 1. The Morgan fingerprint density at radius 2 is 2.36 bits per heavy atom. The molecule has 0 aliphatic rings. The molecule has 0 bridgehead atoms. The average molecular weight is 149 g/mol. The SMILES string of the molecule is C/C=c1/cccn/c1=C(/C)O. The first-order valence-corrected chi connectivity index (χ1v) is 3.53. The third-order valence-corrected chi connectivity index (χ3v) is 1.49. The standard InChI is InChI=1S/C9H11NO/c1-3-8-5-4-6-10-9(8)7(2)11/h3-6,11H,1-2H3/b8-3-,9-7-. The lowest BCUT2D eigenvalue weighted by Crippen LogP contribution is -2.29. The van der Waals surface area contributed by atoms with Crippen molar-refractivity contribution in [3.8, 4) is 0 Å². The molecule has 0 amide bonds. The van der Waals surface area contributed by atoms with Crippen LogP contribution in [0.2, 0.25) is 0 Å². The summed E-state index contributed by atoms with van der Waals surface area (Å²) >= 11 is 0. The zero-order valence-corrected chi connectivity index (χ0v) is 6.70. The van der Waals surface area contributed by atoms with Gasteiger partial charge < -0.3 is 5.11 Å². The Bertz CT molecular complexity index is 350. The maximum Gasteiger partial charge on any atom is 0.115 e. The van der Waals surface area contributed by atoms with E-state index in [4.69, 9.17) is 5.11 Å². The highest BCUT2D eigenvalue weighted by Gasteiger charge is 1.87. The van der Waals surface area contributed by atoms with Gasteiger partial charge in [0, 0.05) is 6.20 Å². The lowest BCUT2D eigenvalue weighted by atomic mass is 10.3. The number of rotatable bonds is 0. The number of hydrogen-bond acceptors (Lipinski definition) is 2. The van der Waals surface area contributed by atoms with E-state index in [2.05, 4.69) is 4.98 Å². The number of pyridine rings is 1. The summed E-state index contributed by atoms with van der Waals surface area (Å²) in [6, 6.07) is 3.77. The normalized spacial score (nSPS) is 14.9. The largest absolute Gasteiger partial charge is 0.510 e. The fraction of sp³-hybridized carbons (Fsp3) is 0.222. The third kappa shape index (κ3) is 1.58. The van der Waals surface area contributed by atoms with Gasteiger partial charge in [0.25, 0.3) is 0 Å². The van der Waals surface area contributed by atoms with Gasteiger partial charge in [0.15, 0.2) is 0 Å². The highest BCUT2D eigenvalue weighted by atomic mass is 16.3. The van der Waals surface area contributed by atoms with Gasteiger partial charge >= 0.3 is 0 Å². The predicted octanol–water partition coefficient (Wildman–Crippen LogP) is 0.568. The van der Waals surface area contributed by atoms with Crippen LogP contribution in [0.3, 0.4) is 0 Å². The van der Waals surface area contributed by atoms with E-state index >= 15 is 0 Å². The molecule has 58 valence electrons. The van der Waals surface area contributed by atoms with E-state index < -0.39 is 0 Å². The quantitative estimate of drug-likeness (QED) is 0.585. The van der Waals surface area contributed by atoms with Gasteiger partial charge in [-0.15, -0.1) is 0 Å². The van der Waals surface area contributed by atoms with Gasteiger partial charge in [0.1, 0.15) is 11.1 Å². The minimum Gasteiger partial charge on any atom is -0.510 e. The maximum atomic E-state index is 9.17. The molecule has 0 spiro atoms. The van der Waals surface area contributed by atoms with Gasteiger partial charge in [0.05, 0.1) is 0 Å². The van der Waals surface area contributed by atoms with Crippen LogP contribution < -0.4 is 10.6 Å². The van der Waals surface area contributed by atoms with Crippen LogP contribution in [0.25, 0.3) is 11.8 Å². The number of hydrogen-bond donors (Lipinski definition) is 1. The van der Waals surface area contributed by atoms with E-state index in [1.807, 2.05) is 25.1 Å². The van der Waals surface area contributed by atoms with Crippen molar-refractivity contribution >= 4 is 11.8 Å². The molecule has 2 nitrogen and oxygen atoms in total. The predicted molar refractivity (Wildman–Crippen MR) is 45.3 cm³/mol. The summed E-state index contributed by atoms with van der Waals surface area (Å²) in [4.78, 5) is 4.03. The molecular weight excluding hydrogens is 138 g/mol. The van der Waals surface area contributed by atoms with E-state index in [-0.39, 0.29) is 5.76 Å². The zero-order chi connectivity index (χ0) is 8.27. The first-order valence-electron chi connectivity index (χ1n) is 3.53. The molecule has 1 N–H and O–H groups in total. The Morgan fingerprint density at radius 3 is 2.82 bits per heavy atom. The highest BCUT2D eigenvalue weighted by Crippen LogP contribution is 1.75. The van der Waals surface area contributed by atoms with Crippen molar-refractivity contribution in [2.45, 2.75) is 13.8 Å². The van der Waals surface area contributed by atoms with Crippen LogP contribution in [0.15, 0.2) is 18.3 Å². The summed E-state index contributed by atoms with van der Waals surface area (Å²) in [5.74, 6) is 0.263. The van der Waals surface area contributed by atoms with Crippen LogP contribution in [0.4, 0.5) is 0 Å². The molecule has 0 aromatic carbocycles. The van der Waals surface area contributed by atoms with Crippen molar-refractivity contribution in [2.24, 2.45) is 0 Å². The van der Waals surface area contributed by atoms with Gasteiger partial charge in [-0.1, -0.05) is 12.1 Å². The number of aromatic nitrogens is 1. The molecule has 11 heavy (non-hydrogen) atoms. The van der Waals surface area contributed by atoms with E-state index in [0.717, 1.165) is 5.22 Å².